The highest BCUT2D eigenvalue weighted by Gasteiger charge is 2.27. The molecule has 9 heteroatoms. The van der Waals surface area contributed by atoms with E-state index in [-0.39, 0.29) is 0 Å². The second-order valence-electron chi connectivity index (χ2n) is 6.21. The zero-order valence-corrected chi connectivity index (χ0v) is 15.4. The molecule has 0 bridgehead atoms. The molecular weight excluding hydrogens is 330 g/mol. The third-order valence-electron chi connectivity index (χ3n) is 4.39. The summed E-state index contributed by atoms with van der Waals surface area (Å²) in [6.07, 6.45) is 2.17. The number of alkyl carbamates (subject to hydrolysis) is 1. The molecule has 0 aromatic heterocycles. The Morgan fingerprint density at radius 1 is 1.16 bits per heavy atom. The summed E-state index contributed by atoms with van der Waals surface area (Å²) in [6, 6.07) is 0. The van der Waals surface area contributed by atoms with Crippen LogP contribution in [-0.4, -0.2) is 75.1 Å². The maximum atomic E-state index is 11.6. The summed E-state index contributed by atoms with van der Waals surface area (Å²) in [4.78, 5) is 23.9. The van der Waals surface area contributed by atoms with Crippen molar-refractivity contribution >= 4 is 12.2 Å². The first-order chi connectivity index (χ1) is 11.9. The number of carbonyl (C=O) groups excluding carboxylic acids is 1. The van der Waals surface area contributed by atoms with Crippen molar-refractivity contribution in [2.45, 2.75) is 38.6 Å². The van der Waals surface area contributed by atoms with Crippen molar-refractivity contribution in [2.24, 2.45) is 5.92 Å². The monoisotopic (exact) mass is 361 g/mol. The number of methoxy groups -OCH3 is 2. The lowest BCUT2D eigenvalue weighted by atomic mass is 9.97. The average molecular weight is 361 g/mol. The first-order valence-electron chi connectivity index (χ1n) is 8.66. The molecule has 1 saturated heterocycles. The molecule has 0 aliphatic carbocycles. The standard InChI is InChI=1S/C16H31N3O6/c1-16(23-2,24-3)25-14(20)18-9-5-4-8-17-12-13-6-10-19(11-7-13)15(21)22/h13,17H,4-12H2,1-3H3,(H,18,20)(H,21,22). The van der Waals surface area contributed by atoms with Gasteiger partial charge in [-0.3, -0.25) is 0 Å². The van der Waals surface area contributed by atoms with E-state index in [4.69, 9.17) is 19.3 Å². The van der Waals surface area contributed by atoms with Gasteiger partial charge in [0.1, 0.15) is 0 Å². The quantitative estimate of drug-likeness (QED) is 0.399. The van der Waals surface area contributed by atoms with Gasteiger partial charge in [0.25, 0.3) is 0 Å². The molecule has 1 heterocycles. The van der Waals surface area contributed by atoms with Crippen LogP contribution in [-0.2, 0) is 14.2 Å². The number of piperidine rings is 1. The van der Waals surface area contributed by atoms with Crippen molar-refractivity contribution in [3.8, 4) is 0 Å². The minimum atomic E-state index is -1.37. The van der Waals surface area contributed by atoms with Crippen molar-refractivity contribution < 1.29 is 28.9 Å². The molecule has 9 nitrogen and oxygen atoms in total. The van der Waals surface area contributed by atoms with E-state index in [2.05, 4.69) is 10.6 Å². The van der Waals surface area contributed by atoms with E-state index in [0.717, 1.165) is 38.8 Å². The Kier molecular flexibility index (Phi) is 9.54. The smallest absolute Gasteiger partial charge is 0.411 e. The Hall–Kier alpha value is -1.58. The first-order valence-corrected chi connectivity index (χ1v) is 8.66. The molecule has 0 aromatic carbocycles. The molecule has 1 aliphatic heterocycles. The Labute approximate surface area is 149 Å². The summed E-state index contributed by atoms with van der Waals surface area (Å²) in [5, 5.41) is 15.0. The predicted octanol–water partition coefficient (Wildman–Crippen LogP) is 1.44. The van der Waals surface area contributed by atoms with Crippen molar-refractivity contribution in [3.63, 3.8) is 0 Å². The first kappa shape index (κ1) is 21.5. The van der Waals surface area contributed by atoms with Crippen LogP contribution in [0.1, 0.15) is 32.6 Å². The van der Waals surface area contributed by atoms with Crippen LogP contribution in [0.15, 0.2) is 0 Å². The molecule has 3 N–H and O–H groups in total. The molecule has 1 fully saturated rings. The molecule has 25 heavy (non-hydrogen) atoms. The van der Waals surface area contributed by atoms with Crippen LogP contribution in [0.3, 0.4) is 0 Å². The number of carboxylic acid groups (broad SMARTS) is 1. The highest BCUT2D eigenvalue weighted by atomic mass is 16.9. The number of rotatable bonds is 10. The van der Waals surface area contributed by atoms with Gasteiger partial charge in [-0.2, -0.15) is 0 Å². The summed E-state index contributed by atoms with van der Waals surface area (Å²) in [7, 11) is 2.79. The van der Waals surface area contributed by atoms with Crippen LogP contribution >= 0.6 is 0 Å². The molecule has 0 atom stereocenters. The minimum absolute atomic E-state index is 0.515. The van der Waals surface area contributed by atoms with Gasteiger partial charge in [-0.1, -0.05) is 0 Å². The largest absolute Gasteiger partial charge is 0.465 e. The molecule has 1 rings (SSSR count). The number of carbonyl (C=O) groups is 2. The average Bonchev–Trinajstić information content (AvgIpc) is 2.61. The van der Waals surface area contributed by atoms with Crippen LogP contribution < -0.4 is 10.6 Å². The Morgan fingerprint density at radius 3 is 2.32 bits per heavy atom. The van der Waals surface area contributed by atoms with E-state index in [1.54, 1.807) is 0 Å². The second kappa shape index (κ2) is 11.1. The maximum Gasteiger partial charge on any atom is 0.411 e. The summed E-state index contributed by atoms with van der Waals surface area (Å²) in [5.74, 6) is -0.841. The van der Waals surface area contributed by atoms with Crippen molar-refractivity contribution in [1.29, 1.82) is 0 Å². The third kappa shape index (κ3) is 8.37. The van der Waals surface area contributed by atoms with Gasteiger partial charge in [0.05, 0.1) is 0 Å². The number of amides is 2. The van der Waals surface area contributed by atoms with E-state index in [0.29, 0.717) is 25.6 Å². The van der Waals surface area contributed by atoms with Gasteiger partial charge in [-0.25, -0.2) is 9.59 Å². The van der Waals surface area contributed by atoms with Crippen LogP contribution in [0, 0.1) is 5.92 Å². The topological polar surface area (TPSA) is 109 Å². The molecular formula is C16H31N3O6. The fourth-order valence-electron chi connectivity index (χ4n) is 2.57. The van der Waals surface area contributed by atoms with Crippen molar-refractivity contribution in [2.75, 3.05) is 46.9 Å². The van der Waals surface area contributed by atoms with Crippen LogP contribution in [0.4, 0.5) is 9.59 Å². The fraction of sp³-hybridized carbons (Fsp3) is 0.875. The number of likely N-dealkylation sites (tertiary alicyclic amines) is 1. The highest BCUT2D eigenvalue weighted by molar-refractivity contribution is 5.67. The molecule has 0 radical (unpaired) electrons. The summed E-state index contributed by atoms with van der Waals surface area (Å²) < 4.78 is 14.9. The van der Waals surface area contributed by atoms with Crippen molar-refractivity contribution in [1.82, 2.24) is 15.5 Å². The fourth-order valence-corrected chi connectivity index (χ4v) is 2.57. The van der Waals surface area contributed by atoms with E-state index in [1.807, 2.05) is 0 Å². The van der Waals surface area contributed by atoms with Gasteiger partial charge >= 0.3 is 18.2 Å². The number of nitrogens with one attached hydrogen (secondary N) is 2. The van der Waals surface area contributed by atoms with Crippen LogP contribution in [0.25, 0.3) is 0 Å². The Bertz CT molecular complexity index is 409. The Balaban J connectivity index is 1.99. The molecule has 0 saturated carbocycles. The summed E-state index contributed by atoms with van der Waals surface area (Å²) in [5.41, 5.74) is 0. The number of hydrogen-bond donors (Lipinski definition) is 3. The zero-order chi connectivity index (χ0) is 18.7. The summed E-state index contributed by atoms with van der Waals surface area (Å²) in [6.45, 7) is 5.04. The number of ether oxygens (including phenoxy) is 3. The van der Waals surface area contributed by atoms with Gasteiger partial charge in [0, 0.05) is 40.8 Å². The lowest BCUT2D eigenvalue weighted by Gasteiger charge is -2.30. The van der Waals surface area contributed by atoms with Gasteiger partial charge in [-0.15, -0.1) is 0 Å². The van der Waals surface area contributed by atoms with Gasteiger partial charge in [0.15, 0.2) is 0 Å². The summed E-state index contributed by atoms with van der Waals surface area (Å²) >= 11 is 0. The number of nitrogens with zero attached hydrogens (tertiary/aromatic N) is 1. The zero-order valence-electron chi connectivity index (χ0n) is 15.4. The third-order valence-corrected chi connectivity index (χ3v) is 4.39. The van der Waals surface area contributed by atoms with Crippen LogP contribution in [0.5, 0.6) is 0 Å². The van der Waals surface area contributed by atoms with E-state index in [9.17, 15) is 9.59 Å². The lowest BCUT2D eigenvalue weighted by Crippen LogP contribution is -2.40. The Morgan fingerprint density at radius 2 is 1.76 bits per heavy atom. The molecule has 1 aliphatic rings. The van der Waals surface area contributed by atoms with Crippen LogP contribution in [0.2, 0.25) is 0 Å². The minimum Gasteiger partial charge on any atom is -0.465 e. The number of hydrogen-bond acceptors (Lipinski definition) is 6. The second-order valence-corrected chi connectivity index (χ2v) is 6.21. The normalized spacial score (nSPS) is 15.9. The molecule has 0 spiro atoms. The predicted molar refractivity (Wildman–Crippen MR) is 91.3 cm³/mol. The van der Waals surface area contributed by atoms with E-state index >= 15 is 0 Å². The SMILES string of the molecule is COC(C)(OC)OC(=O)NCCCCNCC1CCN(C(=O)O)CC1. The van der Waals surface area contributed by atoms with E-state index in [1.165, 1.54) is 26.0 Å². The molecule has 0 unspecified atom stereocenters. The molecule has 146 valence electrons. The maximum absolute atomic E-state index is 11.6. The molecule has 0 aromatic rings. The van der Waals surface area contributed by atoms with Crippen molar-refractivity contribution in [3.05, 3.63) is 0 Å². The van der Waals surface area contributed by atoms with Gasteiger partial charge in [0.2, 0.25) is 0 Å². The lowest BCUT2D eigenvalue weighted by molar-refractivity contribution is -0.322. The number of unbranched alkanes of at least 4 members (excludes halogenated alkanes) is 1. The molecule has 2 amide bonds. The highest BCUT2D eigenvalue weighted by Crippen LogP contribution is 2.16. The van der Waals surface area contributed by atoms with Gasteiger partial charge in [-0.05, 0) is 44.7 Å². The van der Waals surface area contributed by atoms with Gasteiger partial charge < -0.3 is 34.9 Å². The van der Waals surface area contributed by atoms with E-state index < -0.39 is 18.2 Å².